The van der Waals surface area contributed by atoms with Crippen LogP contribution in [-0.4, -0.2) is 12.1 Å². The normalized spacial score (nSPS) is 11.1. The molecule has 0 aliphatic rings. The van der Waals surface area contributed by atoms with Gasteiger partial charge in [0, 0.05) is 10.9 Å². The van der Waals surface area contributed by atoms with Gasteiger partial charge in [-0.1, -0.05) is 12.1 Å². The molecule has 16 heavy (non-hydrogen) atoms. The summed E-state index contributed by atoms with van der Waals surface area (Å²) in [5.74, 6) is 0.652. The van der Waals surface area contributed by atoms with Gasteiger partial charge in [0.2, 0.25) is 5.88 Å². The zero-order chi connectivity index (χ0) is 11.1. The molecule has 0 aliphatic carbocycles. The Morgan fingerprint density at radius 1 is 1.19 bits per heavy atom. The van der Waals surface area contributed by atoms with Crippen LogP contribution in [0.4, 0.5) is 0 Å². The Morgan fingerprint density at radius 2 is 2.00 bits per heavy atom. The van der Waals surface area contributed by atoms with Crippen molar-refractivity contribution in [2.45, 2.75) is 6.92 Å². The number of ether oxygens (including phenoxy) is 1. The molecule has 0 saturated heterocycles. The molecule has 3 nitrogen and oxygen atoms in total. The minimum Gasteiger partial charge on any atom is -0.481 e. The van der Waals surface area contributed by atoms with Crippen molar-refractivity contribution >= 4 is 22.1 Å². The third kappa shape index (κ3) is 1.18. The third-order valence-corrected chi connectivity index (χ3v) is 2.69. The predicted molar refractivity (Wildman–Crippen MR) is 62.8 cm³/mol. The van der Waals surface area contributed by atoms with Gasteiger partial charge in [-0.3, -0.25) is 0 Å². The van der Waals surface area contributed by atoms with E-state index in [9.17, 15) is 0 Å². The first-order chi connectivity index (χ1) is 7.79. The number of methoxy groups -OCH3 is 1. The number of nitrogens with zero attached hydrogens (tertiary/aromatic N) is 1. The molecule has 0 fully saturated rings. The van der Waals surface area contributed by atoms with Gasteiger partial charge in [-0.25, -0.2) is 4.98 Å². The van der Waals surface area contributed by atoms with Gasteiger partial charge in [0.1, 0.15) is 11.1 Å². The lowest BCUT2D eigenvalue weighted by atomic mass is 10.2. The van der Waals surface area contributed by atoms with Crippen molar-refractivity contribution in [1.82, 2.24) is 4.98 Å². The van der Waals surface area contributed by atoms with Crippen LogP contribution in [0, 0.1) is 6.92 Å². The molecule has 0 radical (unpaired) electrons. The SMILES string of the molecule is COc1nc2c(cc1C)oc1ccccc12. The molecule has 3 aromatic rings. The molecule has 0 amide bonds. The van der Waals surface area contributed by atoms with Crippen LogP contribution in [0.1, 0.15) is 5.56 Å². The van der Waals surface area contributed by atoms with Gasteiger partial charge in [0.15, 0.2) is 5.58 Å². The summed E-state index contributed by atoms with van der Waals surface area (Å²) in [6, 6.07) is 9.84. The van der Waals surface area contributed by atoms with Crippen LogP contribution in [0.25, 0.3) is 22.1 Å². The maximum Gasteiger partial charge on any atom is 0.216 e. The third-order valence-electron chi connectivity index (χ3n) is 2.69. The molecule has 3 heteroatoms. The standard InChI is InChI=1S/C13H11NO2/c1-8-7-11-12(14-13(8)15-2)9-5-3-4-6-10(9)16-11/h3-7H,1-2H3. The van der Waals surface area contributed by atoms with E-state index < -0.39 is 0 Å². The molecule has 2 aromatic heterocycles. The van der Waals surface area contributed by atoms with Gasteiger partial charge >= 0.3 is 0 Å². The van der Waals surface area contributed by atoms with E-state index in [0.717, 1.165) is 27.6 Å². The van der Waals surface area contributed by atoms with Crippen LogP contribution in [0.2, 0.25) is 0 Å². The van der Waals surface area contributed by atoms with Gasteiger partial charge in [0.25, 0.3) is 0 Å². The zero-order valence-electron chi connectivity index (χ0n) is 9.15. The van der Waals surface area contributed by atoms with E-state index in [1.54, 1.807) is 7.11 Å². The first-order valence-electron chi connectivity index (χ1n) is 5.12. The molecule has 0 spiro atoms. The highest BCUT2D eigenvalue weighted by Crippen LogP contribution is 2.30. The quantitative estimate of drug-likeness (QED) is 0.622. The van der Waals surface area contributed by atoms with Gasteiger partial charge < -0.3 is 9.15 Å². The van der Waals surface area contributed by atoms with Crippen LogP contribution in [0.15, 0.2) is 34.7 Å². The summed E-state index contributed by atoms with van der Waals surface area (Å²) >= 11 is 0. The number of para-hydroxylation sites is 1. The number of benzene rings is 1. The smallest absolute Gasteiger partial charge is 0.216 e. The fourth-order valence-corrected chi connectivity index (χ4v) is 1.92. The second-order valence-corrected chi connectivity index (χ2v) is 3.76. The van der Waals surface area contributed by atoms with Crippen LogP contribution in [0.3, 0.4) is 0 Å². The topological polar surface area (TPSA) is 35.3 Å². The molecule has 0 bridgehead atoms. The molecule has 0 N–H and O–H groups in total. The van der Waals surface area contributed by atoms with E-state index in [4.69, 9.17) is 9.15 Å². The fraction of sp³-hybridized carbons (Fsp3) is 0.154. The molecular formula is C13H11NO2. The van der Waals surface area contributed by atoms with Crippen molar-refractivity contribution in [3.63, 3.8) is 0 Å². The molecule has 0 aliphatic heterocycles. The van der Waals surface area contributed by atoms with E-state index in [2.05, 4.69) is 4.98 Å². The second kappa shape index (κ2) is 3.23. The first-order valence-corrected chi connectivity index (χ1v) is 5.12. The summed E-state index contributed by atoms with van der Waals surface area (Å²) in [6.45, 7) is 1.96. The van der Waals surface area contributed by atoms with E-state index in [1.165, 1.54) is 0 Å². The highest BCUT2D eigenvalue weighted by Gasteiger charge is 2.10. The van der Waals surface area contributed by atoms with Crippen LogP contribution < -0.4 is 4.74 Å². The average Bonchev–Trinajstić information content (AvgIpc) is 2.65. The summed E-state index contributed by atoms with van der Waals surface area (Å²) in [4.78, 5) is 4.47. The Morgan fingerprint density at radius 3 is 2.81 bits per heavy atom. The number of aromatic nitrogens is 1. The highest BCUT2D eigenvalue weighted by atomic mass is 16.5. The summed E-state index contributed by atoms with van der Waals surface area (Å²) in [5, 5.41) is 1.02. The Kier molecular flexibility index (Phi) is 1.86. The number of aryl methyl sites for hydroxylation is 1. The van der Waals surface area contributed by atoms with Gasteiger partial charge in [-0.05, 0) is 25.1 Å². The molecule has 80 valence electrons. The van der Waals surface area contributed by atoms with Crippen LogP contribution >= 0.6 is 0 Å². The number of hydrogen-bond donors (Lipinski definition) is 0. The highest BCUT2D eigenvalue weighted by molar-refractivity contribution is 6.02. The van der Waals surface area contributed by atoms with Gasteiger partial charge in [0.05, 0.1) is 7.11 Å². The molecule has 0 atom stereocenters. The van der Waals surface area contributed by atoms with Crippen molar-refractivity contribution in [3.05, 3.63) is 35.9 Å². The van der Waals surface area contributed by atoms with E-state index in [-0.39, 0.29) is 0 Å². The van der Waals surface area contributed by atoms with Crippen molar-refractivity contribution < 1.29 is 9.15 Å². The summed E-state index contributed by atoms with van der Waals surface area (Å²) in [5.41, 5.74) is 3.50. The molecule has 3 rings (SSSR count). The molecule has 2 heterocycles. The number of pyridine rings is 1. The molecule has 0 unspecified atom stereocenters. The summed E-state index contributed by atoms with van der Waals surface area (Å²) in [7, 11) is 1.63. The minimum absolute atomic E-state index is 0.652. The van der Waals surface area contributed by atoms with Crippen molar-refractivity contribution in [2.24, 2.45) is 0 Å². The Labute approximate surface area is 92.7 Å². The molecule has 0 saturated carbocycles. The Hall–Kier alpha value is -2.03. The molecule has 1 aromatic carbocycles. The average molecular weight is 213 g/mol. The Bertz CT molecular complexity index is 670. The predicted octanol–water partition coefficient (Wildman–Crippen LogP) is 3.30. The first kappa shape index (κ1) is 9.21. The molecular weight excluding hydrogens is 202 g/mol. The lowest BCUT2D eigenvalue weighted by molar-refractivity contribution is 0.396. The zero-order valence-corrected chi connectivity index (χ0v) is 9.15. The van der Waals surface area contributed by atoms with Gasteiger partial charge in [-0.2, -0.15) is 0 Å². The maximum atomic E-state index is 5.71. The largest absolute Gasteiger partial charge is 0.481 e. The van der Waals surface area contributed by atoms with E-state index in [0.29, 0.717) is 5.88 Å². The van der Waals surface area contributed by atoms with Crippen molar-refractivity contribution in [1.29, 1.82) is 0 Å². The maximum absolute atomic E-state index is 5.71. The Balaban J connectivity index is 2.47. The van der Waals surface area contributed by atoms with E-state index in [1.807, 2.05) is 37.3 Å². The summed E-state index contributed by atoms with van der Waals surface area (Å²) in [6.07, 6.45) is 0. The number of rotatable bonds is 1. The van der Waals surface area contributed by atoms with Crippen molar-refractivity contribution in [3.8, 4) is 5.88 Å². The monoisotopic (exact) mass is 213 g/mol. The number of hydrogen-bond acceptors (Lipinski definition) is 3. The van der Waals surface area contributed by atoms with E-state index >= 15 is 0 Å². The lowest BCUT2D eigenvalue weighted by Crippen LogP contribution is -1.90. The van der Waals surface area contributed by atoms with Gasteiger partial charge in [-0.15, -0.1) is 0 Å². The number of furan rings is 1. The minimum atomic E-state index is 0.652. The number of fused-ring (bicyclic) bond motifs is 3. The lowest BCUT2D eigenvalue weighted by Gasteiger charge is -2.01. The fourth-order valence-electron chi connectivity index (χ4n) is 1.92. The second-order valence-electron chi connectivity index (χ2n) is 3.76. The van der Waals surface area contributed by atoms with Crippen LogP contribution in [-0.2, 0) is 0 Å². The summed E-state index contributed by atoms with van der Waals surface area (Å²) < 4.78 is 10.9. The van der Waals surface area contributed by atoms with Crippen molar-refractivity contribution in [2.75, 3.05) is 7.11 Å². The van der Waals surface area contributed by atoms with Crippen LogP contribution in [0.5, 0.6) is 5.88 Å².